The lowest BCUT2D eigenvalue weighted by Gasteiger charge is -2.41. The van der Waals surface area contributed by atoms with Crippen LogP contribution in [0.5, 0.6) is 11.5 Å². The van der Waals surface area contributed by atoms with E-state index in [9.17, 15) is 22.8 Å². The summed E-state index contributed by atoms with van der Waals surface area (Å²) < 4.78 is 66.0. The molecule has 0 aromatic heterocycles. The molecule has 2 aliphatic heterocycles. The molecule has 0 bridgehead atoms. The lowest BCUT2D eigenvalue weighted by molar-refractivity contribution is -0.187. The van der Waals surface area contributed by atoms with E-state index < -0.39 is 35.6 Å². The van der Waals surface area contributed by atoms with Crippen molar-refractivity contribution >= 4 is 11.8 Å². The van der Waals surface area contributed by atoms with Gasteiger partial charge in [-0.25, -0.2) is 4.39 Å². The number of nitrogens with one attached hydrogen (secondary N) is 2. The maximum absolute atomic E-state index is 15.7. The first-order chi connectivity index (χ1) is 15.6. The average molecular weight is 475 g/mol. The molecule has 1 aromatic rings. The molecule has 3 rings (SSSR count). The van der Waals surface area contributed by atoms with Crippen LogP contribution in [0.1, 0.15) is 36.0 Å². The topological polar surface area (TPSA) is 79.9 Å². The van der Waals surface area contributed by atoms with Crippen molar-refractivity contribution in [3.8, 4) is 11.5 Å². The smallest absolute Gasteiger partial charge is 0.408 e. The first kappa shape index (κ1) is 25.1. The monoisotopic (exact) mass is 475 g/mol. The van der Waals surface area contributed by atoms with Gasteiger partial charge in [0.05, 0.1) is 14.2 Å². The number of hydrogen-bond donors (Lipinski definition) is 2. The van der Waals surface area contributed by atoms with Crippen LogP contribution >= 0.6 is 0 Å². The third-order valence-electron chi connectivity index (χ3n) is 6.48. The zero-order valence-corrected chi connectivity index (χ0v) is 18.6. The van der Waals surface area contributed by atoms with Gasteiger partial charge < -0.3 is 25.0 Å². The molecule has 2 aliphatic rings. The average Bonchev–Trinajstić information content (AvgIpc) is 3.32. The second-order valence-electron chi connectivity index (χ2n) is 8.49. The largest absolute Gasteiger partial charge is 0.497 e. The van der Waals surface area contributed by atoms with E-state index >= 15 is 4.39 Å². The number of piperidine rings is 1. The van der Waals surface area contributed by atoms with Crippen LogP contribution in [-0.2, 0) is 4.79 Å². The summed E-state index contributed by atoms with van der Waals surface area (Å²) in [6.07, 6.45) is -6.43. The fourth-order valence-electron chi connectivity index (χ4n) is 4.52. The third-order valence-corrected chi connectivity index (χ3v) is 6.48. The quantitative estimate of drug-likeness (QED) is 0.593. The SMILES string of the molecule is COc1cc(OC)cc(C(=O)NCC2(C(F)C(=O)N3CCCC3C(F)(F)F)CCNCC2)c1. The molecule has 2 N–H and O–H groups in total. The number of benzene rings is 1. The molecule has 11 heteroatoms. The molecule has 2 amide bonds. The number of carbonyl (C=O) groups is 2. The second-order valence-corrected chi connectivity index (χ2v) is 8.49. The Morgan fingerprint density at radius 1 is 1.18 bits per heavy atom. The van der Waals surface area contributed by atoms with Crippen LogP contribution in [0.4, 0.5) is 17.6 Å². The number of methoxy groups -OCH3 is 2. The predicted octanol–water partition coefficient (Wildman–Crippen LogP) is 2.69. The van der Waals surface area contributed by atoms with Gasteiger partial charge in [0.1, 0.15) is 17.5 Å². The number of ether oxygens (including phenoxy) is 2. The summed E-state index contributed by atoms with van der Waals surface area (Å²) in [4.78, 5) is 26.3. The number of halogens is 4. The normalized spacial score (nSPS) is 21.4. The van der Waals surface area contributed by atoms with Gasteiger partial charge in [0.15, 0.2) is 6.17 Å². The van der Waals surface area contributed by atoms with Gasteiger partial charge in [0.2, 0.25) is 0 Å². The first-order valence-electron chi connectivity index (χ1n) is 10.8. The molecular formula is C22H29F4N3O4. The number of rotatable bonds is 7. The highest BCUT2D eigenvalue weighted by molar-refractivity contribution is 5.95. The lowest BCUT2D eigenvalue weighted by atomic mass is 9.74. The summed E-state index contributed by atoms with van der Waals surface area (Å²) in [6, 6.07) is 2.60. The molecule has 0 spiro atoms. The molecule has 184 valence electrons. The van der Waals surface area contributed by atoms with Crippen LogP contribution < -0.4 is 20.1 Å². The number of carbonyl (C=O) groups excluding carboxylic acids is 2. The van der Waals surface area contributed by atoms with E-state index in [1.165, 1.54) is 26.4 Å². The first-order valence-corrected chi connectivity index (χ1v) is 10.8. The number of amides is 2. The molecule has 1 aromatic carbocycles. The van der Waals surface area contributed by atoms with Gasteiger partial charge in [-0.2, -0.15) is 13.2 Å². The van der Waals surface area contributed by atoms with Crippen molar-refractivity contribution in [2.45, 2.75) is 44.1 Å². The second kappa shape index (κ2) is 10.1. The Hall–Kier alpha value is -2.56. The number of alkyl halides is 4. The summed E-state index contributed by atoms with van der Waals surface area (Å²) >= 11 is 0. The van der Waals surface area contributed by atoms with Crippen LogP contribution in [0.25, 0.3) is 0 Å². The minimum Gasteiger partial charge on any atom is -0.497 e. The molecule has 33 heavy (non-hydrogen) atoms. The summed E-state index contributed by atoms with van der Waals surface area (Å²) in [5.41, 5.74) is -1.09. The van der Waals surface area contributed by atoms with E-state index in [4.69, 9.17) is 9.47 Å². The van der Waals surface area contributed by atoms with Gasteiger partial charge >= 0.3 is 6.18 Å². The Kier molecular flexibility index (Phi) is 7.71. The molecule has 2 unspecified atom stereocenters. The van der Waals surface area contributed by atoms with Gasteiger partial charge in [-0.1, -0.05) is 0 Å². The molecule has 2 heterocycles. The van der Waals surface area contributed by atoms with E-state index in [1.807, 2.05) is 0 Å². The van der Waals surface area contributed by atoms with E-state index in [0.717, 1.165) is 0 Å². The fourth-order valence-corrected chi connectivity index (χ4v) is 4.52. The molecule has 7 nitrogen and oxygen atoms in total. The predicted molar refractivity (Wildman–Crippen MR) is 112 cm³/mol. The maximum atomic E-state index is 15.7. The van der Waals surface area contributed by atoms with Crippen molar-refractivity contribution in [3.63, 3.8) is 0 Å². The fraction of sp³-hybridized carbons (Fsp3) is 0.636. The summed E-state index contributed by atoms with van der Waals surface area (Å²) in [5.74, 6) is -0.906. The van der Waals surface area contributed by atoms with Gasteiger partial charge in [-0.05, 0) is 50.9 Å². The maximum Gasteiger partial charge on any atom is 0.408 e. The molecule has 0 radical (unpaired) electrons. The standard InChI is InChI=1S/C22H29F4N3O4/c1-32-15-10-14(11-16(12-15)33-2)19(30)28-13-21(5-7-27-8-6-21)18(23)20(31)29-9-3-4-17(29)22(24,25)26/h10-12,17-18,27H,3-9,13H2,1-2H3,(H,28,30). The van der Waals surface area contributed by atoms with Gasteiger partial charge in [0, 0.05) is 30.1 Å². The minimum atomic E-state index is -4.60. The van der Waals surface area contributed by atoms with Crippen molar-refractivity contribution in [1.29, 1.82) is 0 Å². The number of hydrogen-bond acceptors (Lipinski definition) is 5. The highest BCUT2D eigenvalue weighted by Crippen LogP contribution is 2.39. The molecule has 0 aliphatic carbocycles. The Morgan fingerprint density at radius 2 is 1.79 bits per heavy atom. The van der Waals surface area contributed by atoms with E-state index in [2.05, 4.69) is 10.6 Å². The van der Waals surface area contributed by atoms with Crippen LogP contribution in [0.2, 0.25) is 0 Å². The Balaban J connectivity index is 1.77. The summed E-state index contributed by atoms with van der Waals surface area (Å²) in [6.45, 7) is 0.455. The molecule has 2 fully saturated rings. The third kappa shape index (κ3) is 5.51. The summed E-state index contributed by atoms with van der Waals surface area (Å²) in [7, 11) is 2.87. The zero-order chi connectivity index (χ0) is 24.2. The van der Waals surface area contributed by atoms with E-state index in [0.29, 0.717) is 29.5 Å². The van der Waals surface area contributed by atoms with Crippen LogP contribution in [-0.4, -0.2) is 75.5 Å². The van der Waals surface area contributed by atoms with Crippen molar-refractivity contribution in [2.24, 2.45) is 5.41 Å². The van der Waals surface area contributed by atoms with Gasteiger partial charge in [-0.3, -0.25) is 9.59 Å². The number of likely N-dealkylation sites (tertiary alicyclic amines) is 1. The molecule has 0 saturated carbocycles. The van der Waals surface area contributed by atoms with E-state index in [1.54, 1.807) is 6.07 Å². The van der Waals surface area contributed by atoms with Crippen LogP contribution in [0.3, 0.4) is 0 Å². The molecular weight excluding hydrogens is 446 g/mol. The minimum absolute atomic E-state index is 0.131. The Labute approximate surface area is 189 Å². The summed E-state index contributed by atoms with van der Waals surface area (Å²) in [5, 5.41) is 5.74. The van der Waals surface area contributed by atoms with Crippen molar-refractivity contribution in [2.75, 3.05) is 40.4 Å². The molecule has 2 saturated heterocycles. The highest BCUT2D eigenvalue weighted by Gasteiger charge is 2.52. The Bertz CT molecular complexity index is 836. The number of nitrogens with zero attached hydrogens (tertiary/aromatic N) is 1. The molecule has 2 atom stereocenters. The highest BCUT2D eigenvalue weighted by atomic mass is 19.4. The van der Waals surface area contributed by atoms with Gasteiger partial charge in [-0.15, -0.1) is 0 Å². The van der Waals surface area contributed by atoms with Gasteiger partial charge in [0.25, 0.3) is 11.8 Å². The Morgan fingerprint density at radius 3 is 2.33 bits per heavy atom. The van der Waals surface area contributed by atoms with E-state index in [-0.39, 0.29) is 44.3 Å². The lowest BCUT2D eigenvalue weighted by Crippen LogP contribution is -2.57. The van der Waals surface area contributed by atoms with Crippen molar-refractivity contribution < 1.29 is 36.6 Å². The van der Waals surface area contributed by atoms with Crippen LogP contribution in [0.15, 0.2) is 18.2 Å². The van der Waals surface area contributed by atoms with Crippen molar-refractivity contribution in [1.82, 2.24) is 15.5 Å². The van der Waals surface area contributed by atoms with Crippen LogP contribution in [0, 0.1) is 5.41 Å². The zero-order valence-electron chi connectivity index (χ0n) is 18.6. The van der Waals surface area contributed by atoms with Crippen molar-refractivity contribution in [3.05, 3.63) is 23.8 Å².